The number of hydrogen-bond donors (Lipinski definition) is 4. The fourth-order valence-corrected chi connectivity index (χ4v) is 2.22. The first-order valence-electron chi connectivity index (χ1n) is 6.65. The Morgan fingerprint density at radius 3 is 2.54 bits per heavy atom. The number of urea groups is 1. The van der Waals surface area contributed by atoms with Gasteiger partial charge in [0.15, 0.2) is 0 Å². The largest absolute Gasteiger partial charge is 0.445 e. The average Bonchev–Trinajstić information content (AvgIpc) is 2.56. The van der Waals surface area contributed by atoms with Gasteiger partial charge >= 0.3 is 22.3 Å². The second-order valence-electron chi connectivity index (χ2n) is 4.74. The lowest BCUT2D eigenvalue weighted by atomic mass is 10.1. The predicted molar refractivity (Wildman–Crippen MR) is 80.0 cm³/mol. The minimum absolute atomic E-state index is 0.0260. The van der Waals surface area contributed by atoms with E-state index in [9.17, 15) is 22.8 Å². The zero-order valence-corrected chi connectivity index (χ0v) is 13.1. The quantitative estimate of drug-likeness (QED) is 0.284. The van der Waals surface area contributed by atoms with Gasteiger partial charge in [-0.05, 0) is 5.56 Å². The molecule has 0 aromatic heterocycles. The molecule has 0 bridgehead atoms. The van der Waals surface area contributed by atoms with Gasteiger partial charge in [-0.15, -0.1) is 4.83 Å². The molecular weight excluding hydrogens is 342 g/mol. The molecule has 0 radical (unpaired) electrons. The summed E-state index contributed by atoms with van der Waals surface area (Å²) in [4.78, 5) is 36.8. The Bertz CT molecular complexity index is 738. The zero-order chi connectivity index (χ0) is 17.7. The molecule has 1 unspecified atom stereocenters. The summed E-state index contributed by atoms with van der Waals surface area (Å²) in [6.45, 7) is -0.163. The minimum atomic E-state index is -4.22. The number of nitrogens with one attached hydrogen (secondary N) is 3. The normalized spacial score (nSPS) is 17.0. The molecule has 2 rings (SSSR count). The number of carbonyl (C=O) groups excluding carboxylic acids is 3. The van der Waals surface area contributed by atoms with E-state index in [1.54, 1.807) is 24.3 Å². The molecule has 1 aliphatic rings. The number of hydrazine groups is 1. The van der Waals surface area contributed by atoms with Crippen molar-refractivity contribution in [1.29, 1.82) is 0 Å². The molecule has 5 N–H and O–H groups in total. The van der Waals surface area contributed by atoms with Crippen LogP contribution in [0.3, 0.4) is 0 Å². The Morgan fingerprint density at radius 1 is 1.29 bits per heavy atom. The number of nitrogens with two attached hydrogens (primary N) is 1. The van der Waals surface area contributed by atoms with Crippen LogP contribution in [0.1, 0.15) is 5.56 Å². The van der Waals surface area contributed by atoms with E-state index in [2.05, 4.69) is 5.32 Å². The van der Waals surface area contributed by atoms with Crippen LogP contribution in [0.25, 0.3) is 0 Å². The molecule has 1 heterocycles. The average molecular weight is 357 g/mol. The lowest BCUT2D eigenvalue weighted by molar-refractivity contribution is -0.139. The van der Waals surface area contributed by atoms with Crippen LogP contribution in [0.2, 0.25) is 0 Å². The number of imide groups is 1. The van der Waals surface area contributed by atoms with Gasteiger partial charge in [0, 0.05) is 0 Å². The number of nitrogens with zero attached hydrogens (tertiary/aromatic N) is 1. The fraction of sp³-hybridized carbons (Fsp3) is 0.250. The number of benzene rings is 1. The first kappa shape index (κ1) is 17.7. The highest BCUT2D eigenvalue weighted by Gasteiger charge is 2.43. The number of likely N-dealkylation sites (tertiary alicyclic amines) is 1. The lowest BCUT2D eigenvalue weighted by Gasteiger charge is -2.36. The SMILES string of the molecule is NNS(=O)(=O)NC(=O)N1CC(NC(=O)OCc2ccccc2)C1=O. The van der Waals surface area contributed by atoms with Crippen molar-refractivity contribution in [2.24, 2.45) is 5.84 Å². The Kier molecular flexibility index (Phi) is 5.33. The van der Waals surface area contributed by atoms with Crippen molar-refractivity contribution in [3.8, 4) is 0 Å². The number of amides is 4. The van der Waals surface area contributed by atoms with Crippen LogP contribution in [0, 0.1) is 0 Å². The molecule has 1 aromatic rings. The van der Waals surface area contributed by atoms with Crippen LogP contribution < -0.4 is 20.7 Å². The highest BCUT2D eigenvalue weighted by atomic mass is 32.2. The molecule has 1 fully saturated rings. The second kappa shape index (κ2) is 7.25. The molecule has 0 spiro atoms. The van der Waals surface area contributed by atoms with Gasteiger partial charge in [-0.1, -0.05) is 30.3 Å². The highest BCUT2D eigenvalue weighted by Crippen LogP contribution is 2.11. The van der Waals surface area contributed by atoms with Crippen molar-refractivity contribution in [2.45, 2.75) is 12.6 Å². The molecule has 11 nitrogen and oxygen atoms in total. The Balaban J connectivity index is 1.77. The van der Waals surface area contributed by atoms with Crippen LogP contribution in [0.4, 0.5) is 9.59 Å². The van der Waals surface area contributed by atoms with Gasteiger partial charge in [0.2, 0.25) is 0 Å². The lowest BCUT2D eigenvalue weighted by Crippen LogP contribution is -2.67. The van der Waals surface area contributed by atoms with Gasteiger partial charge in [0.1, 0.15) is 12.6 Å². The van der Waals surface area contributed by atoms with Crippen LogP contribution in [-0.2, 0) is 26.3 Å². The Hall–Kier alpha value is -2.70. The maximum atomic E-state index is 11.7. The molecule has 1 aliphatic heterocycles. The predicted octanol–water partition coefficient (Wildman–Crippen LogP) is -1.46. The van der Waals surface area contributed by atoms with E-state index in [1.807, 2.05) is 6.07 Å². The third-order valence-corrected chi connectivity index (χ3v) is 3.81. The topological polar surface area (TPSA) is 160 Å². The monoisotopic (exact) mass is 357 g/mol. The van der Waals surface area contributed by atoms with Gasteiger partial charge in [-0.25, -0.2) is 14.3 Å². The van der Waals surface area contributed by atoms with Crippen LogP contribution in [-0.4, -0.2) is 43.9 Å². The smallest absolute Gasteiger partial charge is 0.408 e. The molecule has 1 atom stereocenters. The fourth-order valence-electron chi connectivity index (χ4n) is 1.82. The number of alkyl carbamates (subject to hydrolysis) is 1. The molecule has 12 heteroatoms. The number of hydrogen-bond acceptors (Lipinski definition) is 7. The summed E-state index contributed by atoms with van der Waals surface area (Å²) in [6, 6.07) is 6.77. The Morgan fingerprint density at radius 2 is 1.96 bits per heavy atom. The van der Waals surface area contributed by atoms with E-state index in [4.69, 9.17) is 10.6 Å². The molecule has 1 aromatic carbocycles. The van der Waals surface area contributed by atoms with Crippen LogP contribution in [0.15, 0.2) is 30.3 Å². The van der Waals surface area contributed by atoms with Crippen molar-refractivity contribution >= 4 is 28.2 Å². The number of rotatable bonds is 5. The molecule has 0 saturated carbocycles. The number of carbonyl (C=O) groups is 3. The molecule has 0 aliphatic carbocycles. The van der Waals surface area contributed by atoms with E-state index in [1.165, 1.54) is 9.55 Å². The molecule has 1 saturated heterocycles. The summed E-state index contributed by atoms with van der Waals surface area (Å²) >= 11 is 0. The van der Waals surface area contributed by atoms with Gasteiger partial charge in [0.05, 0.1) is 6.54 Å². The summed E-state index contributed by atoms with van der Waals surface area (Å²) in [5.74, 6) is 3.93. The van der Waals surface area contributed by atoms with Crippen LogP contribution in [0.5, 0.6) is 0 Å². The van der Waals surface area contributed by atoms with E-state index in [0.29, 0.717) is 4.90 Å². The zero-order valence-electron chi connectivity index (χ0n) is 12.3. The van der Waals surface area contributed by atoms with Gasteiger partial charge in [-0.2, -0.15) is 8.42 Å². The summed E-state index contributed by atoms with van der Waals surface area (Å²) < 4.78 is 28.5. The highest BCUT2D eigenvalue weighted by molar-refractivity contribution is 7.88. The third-order valence-electron chi connectivity index (χ3n) is 3.06. The van der Waals surface area contributed by atoms with Crippen molar-refractivity contribution < 1.29 is 27.5 Å². The standard InChI is InChI=1S/C12H15N5O6S/c13-16-24(21,22)15-11(19)17-6-9(10(17)18)14-12(20)23-7-8-4-2-1-3-5-8/h1-5,9,16H,6-7,13H2,(H,14,20)(H,15,19). The van der Waals surface area contributed by atoms with Crippen molar-refractivity contribution in [1.82, 2.24) is 19.8 Å². The van der Waals surface area contributed by atoms with Gasteiger partial charge in [0.25, 0.3) is 5.91 Å². The first-order valence-corrected chi connectivity index (χ1v) is 8.13. The van der Waals surface area contributed by atoms with Crippen molar-refractivity contribution in [3.63, 3.8) is 0 Å². The maximum absolute atomic E-state index is 11.7. The van der Waals surface area contributed by atoms with Crippen molar-refractivity contribution in [3.05, 3.63) is 35.9 Å². The second-order valence-corrected chi connectivity index (χ2v) is 6.18. The molecule has 130 valence electrons. The summed E-state index contributed by atoms with van der Waals surface area (Å²) in [6.07, 6.45) is -0.825. The minimum Gasteiger partial charge on any atom is -0.445 e. The summed E-state index contributed by atoms with van der Waals surface area (Å²) in [7, 11) is -4.22. The Labute approximate surface area is 137 Å². The summed E-state index contributed by atoms with van der Waals surface area (Å²) in [5.41, 5.74) is 0.771. The van der Waals surface area contributed by atoms with E-state index in [0.717, 1.165) is 5.56 Å². The molecule has 4 amide bonds. The van der Waals surface area contributed by atoms with E-state index in [-0.39, 0.29) is 13.2 Å². The van der Waals surface area contributed by atoms with Crippen molar-refractivity contribution in [2.75, 3.05) is 6.54 Å². The summed E-state index contributed by atoms with van der Waals surface area (Å²) in [5, 5.41) is 2.28. The van der Waals surface area contributed by atoms with E-state index >= 15 is 0 Å². The van der Waals surface area contributed by atoms with Gasteiger partial charge < -0.3 is 10.1 Å². The van der Waals surface area contributed by atoms with Crippen LogP contribution >= 0.6 is 0 Å². The number of β-lactam (4-membered cyclic amide) rings is 1. The third kappa shape index (κ3) is 4.41. The molecular formula is C12H15N5O6S. The number of ether oxygens (including phenoxy) is 1. The van der Waals surface area contributed by atoms with E-state index < -0.39 is 34.3 Å². The first-order chi connectivity index (χ1) is 11.3. The molecule has 24 heavy (non-hydrogen) atoms. The maximum Gasteiger partial charge on any atom is 0.408 e. The van der Waals surface area contributed by atoms with Gasteiger partial charge in [-0.3, -0.25) is 15.5 Å².